The van der Waals surface area contributed by atoms with Gasteiger partial charge in [-0.05, 0) is 12.8 Å². The SMILES string of the molecule is FC1CC1.O=S=O. The second-order valence-corrected chi connectivity index (χ2v) is 1.38. The van der Waals surface area contributed by atoms with E-state index >= 15 is 0 Å². The maximum Gasteiger partial charge on any atom is 0.335 e. The first kappa shape index (κ1) is 6.75. The second kappa shape index (κ2) is 3.92. The molecular formula is C3H5FO2S. The van der Waals surface area contributed by atoms with Gasteiger partial charge < -0.3 is 0 Å². The first-order valence-electron chi connectivity index (χ1n) is 1.87. The van der Waals surface area contributed by atoms with Crippen molar-refractivity contribution in [1.29, 1.82) is 0 Å². The Labute approximate surface area is 44.3 Å². The van der Waals surface area contributed by atoms with E-state index < -0.39 is 17.7 Å². The standard InChI is InChI=1S/C3H5F.O2S/c4-3-1-2-3;1-3-2/h3H,1-2H2;. The summed E-state index contributed by atoms with van der Waals surface area (Å²) in [6, 6.07) is 0. The maximum atomic E-state index is 11.1. The van der Waals surface area contributed by atoms with E-state index in [1.165, 1.54) is 0 Å². The van der Waals surface area contributed by atoms with Gasteiger partial charge in [-0.15, -0.1) is 0 Å². The monoisotopic (exact) mass is 124 g/mol. The minimum Gasteiger partial charge on any atom is -0.247 e. The highest BCUT2D eigenvalue weighted by molar-refractivity contribution is 7.51. The molecule has 0 spiro atoms. The number of hydrogen-bond donors (Lipinski definition) is 0. The lowest BCUT2D eigenvalue weighted by Gasteiger charge is -1.50. The van der Waals surface area contributed by atoms with Crippen LogP contribution in [-0.2, 0) is 11.6 Å². The fourth-order valence-corrected chi connectivity index (χ4v) is 0.0630. The van der Waals surface area contributed by atoms with Crippen molar-refractivity contribution in [2.24, 2.45) is 0 Å². The van der Waals surface area contributed by atoms with Crippen molar-refractivity contribution in [3.63, 3.8) is 0 Å². The number of hydrogen-bond acceptors (Lipinski definition) is 2. The molecule has 0 aromatic heterocycles. The number of rotatable bonds is 0. The quantitative estimate of drug-likeness (QED) is 0.469. The van der Waals surface area contributed by atoms with E-state index in [0.29, 0.717) is 0 Å². The summed E-state index contributed by atoms with van der Waals surface area (Å²) in [5.41, 5.74) is 0. The molecule has 0 unspecified atom stereocenters. The lowest BCUT2D eigenvalue weighted by atomic mass is 10.9. The number of alkyl halides is 1. The first-order chi connectivity index (χ1) is 3.31. The van der Waals surface area contributed by atoms with E-state index in [2.05, 4.69) is 0 Å². The molecule has 0 aromatic carbocycles. The Morgan fingerprint density at radius 2 is 1.57 bits per heavy atom. The highest BCUT2D eigenvalue weighted by Gasteiger charge is 2.18. The molecular weight excluding hydrogens is 119 g/mol. The topological polar surface area (TPSA) is 34.1 Å². The van der Waals surface area contributed by atoms with Gasteiger partial charge in [0, 0.05) is 0 Å². The van der Waals surface area contributed by atoms with Crippen molar-refractivity contribution in [3.8, 4) is 0 Å². The Hall–Kier alpha value is -0.250. The van der Waals surface area contributed by atoms with E-state index in [1.54, 1.807) is 0 Å². The molecule has 0 amide bonds. The predicted molar refractivity (Wildman–Crippen MR) is 23.0 cm³/mol. The summed E-state index contributed by atoms with van der Waals surface area (Å²) >= 11 is -0.750. The summed E-state index contributed by atoms with van der Waals surface area (Å²) in [4.78, 5) is 0. The zero-order valence-electron chi connectivity index (χ0n) is 3.59. The van der Waals surface area contributed by atoms with Crippen molar-refractivity contribution < 1.29 is 12.8 Å². The molecule has 7 heavy (non-hydrogen) atoms. The van der Waals surface area contributed by atoms with Crippen LogP contribution in [0.25, 0.3) is 0 Å². The highest BCUT2D eigenvalue weighted by atomic mass is 32.1. The fraction of sp³-hybridized carbons (Fsp3) is 1.00. The van der Waals surface area contributed by atoms with Crippen molar-refractivity contribution >= 4 is 11.6 Å². The molecule has 1 saturated carbocycles. The van der Waals surface area contributed by atoms with Crippen LogP contribution in [0.5, 0.6) is 0 Å². The average molecular weight is 124 g/mol. The summed E-state index contributed by atoms with van der Waals surface area (Å²) in [6.07, 6.45) is 1.22. The van der Waals surface area contributed by atoms with E-state index in [0.717, 1.165) is 12.8 Å². The van der Waals surface area contributed by atoms with Crippen LogP contribution in [0.3, 0.4) is 0 Å². The van der Waals surface area contributed by atoms with Gasteiger partial charge in [-0.1, -0.05) is 0 Å². The summed E-state index contributed by atoms with van der Waals surface area (Å²) in [6.45, 7) is 0. The summed E-state index contributed by atoms with van der Waals surface area (Å²) < 4.78 is 27.7. The van der Waals surface area contributed by atoms with Crippen LogP contribution in [0.2, 0.25) is 0 Å². The fourth-order valence-electron chi connectivity index (χ4n) is 0.0630. The van der Waals surface area contributed by atoms with Gasteiger partial charge in [-0.2, -0.15) is 8.42 Å². The van der Waals surface area contributed by atoms with Crippen LogP contribution in [0.1, 0.15) is 12.8 Å². The van der Waals surface area contributed by atoms with Gasteiger partial charge in [0.1, 0.15) is 6.17 Å². The lowest BCUT2D eigenvalue weighted by Crippen LogP contribution is -1.49. The van der Waals surface area contributed by atoms with Gasteiger partial charge in [0.2, 0.25) is 0 Å². The van der Waals surface area contributed by atoms with E-state index in [4.69, 9.17) is 8.42 Å². The van der Waals surface area contributed by atoms with E-state index in [1.807, 2.05) is 0 Å². The van der Waals surface area contributed by atoms with Gasteiger partial charge in [-0.3, -0.25) is 0 Å². The molecule has 0 aliphatic heterocycles. The van der Waals surface area contributed by atoms with Crippen molar-refractivity contribution in [1.82, 2.24) is 0 Å². The molecule has 4 heteroatoms. The molecule has 1 rings (SSSR count). The second-order valence-electron chi connectivity index (χ2n) is 1.24. The van der Waals surface area contributed by atoms with Crippen LogP contribution >= 0.6 is 0 Å². The van der Waals surface area contributed by atoms with Crippen molar-refractivity contribution in [2.75, 3.05) is 0 Å². The highest BCUT2D eigenvalue weighted by Crippen LogP contribution is 2.22. The van der Waals surface area contributed by atoms with Crippen LogP contribution in [0.4, 0.5) is 4.39 Å². The molecule has 0 aromatic rings. The Morgan fingerprint density at radius 1 is 1.43 bits per heavy atom. The Morgan fingerprint density at radius 3 is 1.57 bits per heavy atom. The molecule has 0 bridgehead atoms. The lowest BCUT2D eigenvalue weighted by molar-refractivity contribution is 0.480. The summed E-state index contributed by atoms with van der Waals surface area (Å²) in [5, 5.41) is 0. The average Bonchev–Trinajstić information content (AvgIpc) is 2.25. The third-order valence-corrected chi connectivity index (χ3v) is 0.507. The van der Waals surface area contributed by atoms with E-state index in [-0.39, 0.29) is 0 Å². The molecule has 0 radical (unpaired) electrons. The van der Waals surface area contributed by atoms with E-state index in [9.17, 15) is 4.39 Å². The minimum atomic E-state index is -0.750. The molecule has 1 aliphatic carbocycles. The molecule has 0 heterocycles. The molecule has 2 nitrogen and oxygen atoms in total. The molecule has 1 aliphatic rings. The molecule has 0 saturated heterocycles. The van der Waals surface area contributed by atoms with Gasteiger partial charge in [0.25, 0.3) is 0 Å². The van der Waals surface area contributed by atoms with Crippen LogP contribution < -0.4 is 0 Å². The minimum absolute atomic E-state index is 0.417. The Kier molecular flexibility index (Phi) is 3.78. The van der Waals surface area contributed by atoms with Gasteiger partial charge in [0.05, 0.1) is 0 Å². The molecule has 42 valence electrons. The van der Waals surface area contributed by atoms with Crippen molar-refractivity contribution in [2.45, 2.75) is 19.0 Å². The normalized spacial score (nSPS) is 16.7. The Balaban J connectivity index is 0.000000110. The molecule has 0 atom stereocenters. The third-order valence-electron chi connectivity index (χ3n) is 0.507. The predicted octanol–water partition coefficient (Wildman–Crippen LogP) is 0.448. The number of halogens is 1. The summed E-state index contributed by atoms with van der Waals surface area (Å²) in [5.74, 6) is 0. The molecule has 1 fully saturated rings. The largest absolute Gasteiger partial charge is 0.335 e. The van der Waals surface area contributed by atoms with Crippen molar-refractivity contribution in [3.05, 3.63) is 0 Å². The molecule has 0 N–H and O–H groups in total. The zero-order chi connectivity index (χ0) is 5.70. The first-order valence-corrected chi connectivity index (χ1v) is 2.53. The van der Waals surface area contributed by atoms with Gasteiger partial charge in [0.15, 0.2) is 0 Å². The van der Waals surface area contributed by atoms with Crippen LogP contribution in [0, 0.1) is 0 Å². The van der Waals surface area contributed by atoms with Gasteiger partial charge in [-0.25, -0.2) is 4.39 Å². The maximum absolute atomic E-state index is 11.1. The smallest absolute Gasteiger partial charge is 0.247 e. The third kappa shape index (κ3) is 10.7. The summed E-state index contributed by atoms with van der Waals surface area (Å²) in [7, 11) is 0. The van der Waals surface area contributed by atoms with Gasteiger partial charge >= 0.3 is 11.6 Å². The Bertz CT molecular complexity index is 75.0. The van der Waals surface area contributed by atoms with Crippen LogP contribution in [0.15, 0.2) is 0 Å². The van der Waals surface area contributed by atoms with Crippen LogP contribution in [-0.4, -0.2) is 14.6 Å². The zero-order valence-corrected chi connectivity index (χ0v) is 4.41.